The third kappa shape index (κ3) is 2.47. The second-order valence-electron chi connectivity index (χ2n) is 5.64. The molecule has 0 amide bonds. The Balaban J connectivity index is 2.08. The highest BCUT2D eigenvalue weighted by molar-refractivity contribution is 6.32. The highest BCUT2D eigenvalue weighted by Gasteiger charge is 2.42. The quantitative estimate of drug-likeness (QED) is 0.875. The molecule has 22 heavy (non-hydrogen) atoms. The van der Waals surface area contributed by atoms with Gasteiger partial charge in [0.15, 0.2) is 0 Å². The molecule has 118 valence electrons. The Kier molecular flexibility index (Phi) is 3.87. The van der Waals surface area contributed by atoms with Crippen molar-refractivity contribution >= 4 is 29.2 Å². The van der Waals surface area contributed by atoms with Crippen molar-refractivity contribution in [3.63, 3.8) is 0 Å². The van der Waals surface area contributed by atoms with Gasteiger partial charge in [-0.3, -0.25) is 4.90 Å². The van der Waals surface area contributed by atoms with Crippen LogP contribution in [0.15, 0.2) is 28.2 Å². The lowest BCUT2D eigenvalue weighted by Crippen LogP contribution is -2.58. The Morgan fingerprint density at radius 2 is 1.95 bits per heavy atom. The number of methoxy groups -OCH3 is 1. The first-order chi connectivity index (χ1) is 10.6. The molecule has 0 aromatic heterocycles. The largest absolute Gasteiger partial charge is 0.495 e. The predicted octanol–water partition coefficient (Wildman–Crippen LogP) is 2.46. The van der Waals surface area contributed by atoms with Gasteiger partial charge in [0.2, 0.25) is 11.9 Å². The van der Waals surface area contributed by atoms with Crippen LogP contribution in [-0.2, 0) is 0 Å². The highest BCUT2D eigenvalue weighted by Crippen LogP contribution is 2.41. The van der Waals surface area contributed by atoms with Gasteiger partial charge in [-0.1, -0.05) is 18.0 Å². The first-order valence-corrected chi connectivity index (χ1v) is 7.77. The Morgan fingerprint density at radius 3 is 2.64 bits per heavy atom. The summed E-state index contributed by atoms with van der Waals surface area (Å²) in [4.78, 5) is 10.7. The molecule has 0 unspecified atom stereocenters. The van der Waals surface area contributed by atoms with Gasteiger partial charge in [0.25, 0.3) is 0 Å². The minimum Gasteiger partial charge on any atom is -0.495 e. The van der Waals surface area contributed by atoms with Gasteiger partial charge in [0.1, 0.15) is 11.4 Å². The molecule has 0 saturated heterocycles. The van der Waals surface area contributed by atoms with Gasteiger partial charge in [-0.05, 0) is 37.8 Å². The van der Waals surface area contributed by atoms with Gasteiger partial charge >= 0.3 is 0 Å². The first-order valence-electron chi connectivity index (χ1n) is 7.39. The molecule has 1 aliphatic carbocycles. The Hall–Kier alpha value is -1.95. The van der Waals surface area contributed by atoms with Crippen molar-refractivity contribution in [1.82, 2.24) is 0 Å². The van der Waals surface area contributed by atoms with E-state index < -0.39 is 5.66 Å². The summed E-state index contributed by atoms with van der Waals surface area (Å²) in [5, 5.41) is 0.555. The van der Waals surface area contributed by atoms with E-state index in [1.165, 1.54) is 6.42 Å². The molecule has 6 nitrogen and oxygen atoms in total. The lowest BCUT2D eigenvalue weighted by atomic mass is 9.87. The molecule has 1 heterocycles. The number of hydrogen-bond donors (Lipinski definition) is 2. The van der Waals surface area contributed by atoms with Crippen molar-refractivity contribution in [3.8, 4) is 5.75 Å². The third-order valence-corrected chi connectivity index (χ3v) is 4.56. The van der Waals surface area contributed by atoms with E-state index >= 15 is 0 Å². The van der Waals surface area contributed by atoms with E-state index in [1.54, 1.807) is 13.2 Å². The summed E-state index contributed by atoms with van der Waals surface area (Å²) in [6.07, 6.45) is 5.17. The topological polar surface area (TPSA) is 89.2 Å². The standard InChI is InChI=1S/C15H20ClN5O/c1-22-12-9-10(5-6-11(12)16)21-14(18)19-13(17)20-15(21)7-3-2-4-8-15/h5-6,9H,2-4,7-8H2,1H3,(H4,17,18,19,20). The Bertz CT molecular complexity index is 637. The fourth-order valence-electron chi connectivity index (χ4n) is 3.28. The summed E-state index contributed by atoms with van der Waals surface area (Å²) in [7, 11) is 1.59. The van der Waals surface area contributed by atoms with Crippen LogP contribution in [-0.4, -0.2) is 24.7 Å². The first kappa shape index (κ1) is 15.0. The molecule has 1 aliphatic heterocycles. The van der Waals surface area contributed by atoms with Gasteiger partial charge < -0.3 is 16.2 Å². The van der Waals surface area contributed by atoms with E-state index in [9.17, 15) is 0 Å². The minimum absolute atomic E-state index is 0.247. The SMILES string of the molecule is COc1cc(N2C(N)=NC(N)=NC23CCCCC3)ccc1Cl. The van der Waals surface area contributed by atoms with Crippen LogP contribution in [0.25, 0.3) is 0 Å². The Morgan fingerprint density at radius 1 is 1.23 bits per heavy atom. The van der Waals surface area contributed by atoms with Crippen molar-refractivity contribution in [1.29, 1.82) is 0 Å². The van der Waals surface area contributed by atoms with Crippen LogP contribution in [0.1, 0.15) is 32.1 Å². The minimum atomic E-state index is -0.451. The number of halogens is 1. The molecule has 3 rings (SSSR count). The highest BCUT2D eigenvalue weighted by atomic mass is 35.5. The number of nitrogens with zero attached hydrogens (tertiary/aromatic N) is 3. The molecular weight excluding hydrogens is 302 g/mol. The molecule has 1 saturated carbocycles. The normalized spacial score (nSPS) is 20.5. The number of hydrogen-bond acceptors (Lipinski definition) is 6. The average molecular weight is 322 g/mol. The van der Waals surface area contributed by atoms with Crippen LogP contribution in [0, 0.1) is 0 Å². The maximum atomic E-state index is 6.18. The van der Waals surface area contributed by atoms with Gasteiger partial charge in [0.05, 0.1) is 17.8 Å². The summed E-state index contributed by atoms with van der Waals surface area (Å²) in [6, 6.07) is 5.56. The summed E-state index contributed by atoms with van der Waals surface area (Å²) in [6.45, 7) is 0. The van der Waals surface area contributed by atoms with Gasteiger partial charge in [0, 0.05) is 6.07 Å². The zero-order valence-corrected chi connectivity index (χ0v) is 13.3. The fraction of sp³-hybridized carbons (Fsp3) is 0.467. The number of anilines is 1. The fourth-order valence-corrected chi connectivity index (χ4v) is 3.48. The summed E-state index contributed by atoms with van der Waals surface area (Å²) >= 11 is 6.12. The van der Waals surface area contributed by atoms with E-state index in [4.69, 9.17) is 27.8 Å². The van der Waals surface area contributed by atoms with Crippen molar-refractivity contribution in [2.24, 2.45) is 21.5 Å². The van der Waals surface area contributed by atoms with E-state index in [2.05, 4.69) is 9.98 Å². The Labute approximate surface area is 134 Å². The van der Waals surface area contributed by atoms with Crippen LogP contribution in [0.5, 0.6) is 5.75 Å². The molecule has 1 aromatic rings. The van der Waals surface area contributed by atoms with Crippen LogP contribution >= 0.6 is 11.6 Å². The third-order valence-electron chi connectivity index (χ3n) is 4.24. The van der Waals surface area contributed by atoms with Crippen molar-refractivity contribution in [3.05, 3.63) is 23.2 Å². The summed E-state index contributed by atoms with van der Waals surface area (Å²) < 4.78 is 5.31. The molecule has 0 radical (unpaired) electrons. The molecule has 2 aliphatic rings. The van der Waals surface area contributed by atoms with E-state index in [1.807, 2.05) is 17.0 Å². The molecule has 0 atom stereocenters. The molecule has 7 heteroatoms. The van der Waals surface area contributed by atoms with E-state index in [0.717, 1.165) is 31.4 Å². The zero-order valence-electron chi connectivity index (χ0n) is 12.6. The van der Waals surface area contributed by atoms with Crippen LogP contribution in [0.4, 0.5) is 5.69 Å². The van der Waals surface area contributed by atoms with Crippen LogP contribution < -0.4 is 21.1 Å². The number of benzene rings is 1. The van der Waals surface area contributed by atoms with Gasteiger partial charge in [-0.15, -0.1) is 0 Å². The monoisotopic (exact) mass is 321 g/mol. The van der Waals surface area contributed by atoms with Crippen molar-refractivity contribution < 1.29 is 4.74 Å². The summed E-state index contributed by atoms with van der Waals surface area (Å²) in [5.41, 5.74) is 12.4. The maximum absolute atomic E-state index is 6.18. The van der Waals surface area contributed by atoms with E-state index in [-0.39, 0.29) is 5.96 Å². The lowest BCUT2D eigenvalue weighted by Gasteiger charge is -2.45. The predicted molar refractivity (Wildman–Crippen MR) is 89.5 cm³/mol. The second kappa shape index (κ2) is 5.68. The smallest absolute Gasteiger partial charge is 0.220 e. The van der Waals surface area contributed by atoms with E-state index in [0.29, 0.717) is 16.7 Å². The number of nitrogens with two attached hydrogens (primary N) is 2. The van der Waals surface area contributed by atoms with Crippen molar-refractivity contribution in [2.45, 2.75) is 37.8 Å². The molecule has 0 bridgehead atoms. The number of guanidine groups is 2. The molecule has 4 N–H and O–H groups in total. The maximum Gasteiger partial charge on any atom is 0.220 e. The number of rotatable bonds is 2. The average Bonchev–Trinajstić information content (AvgIpc) is 2.48. The van der Waals surface area contributed by atoms with Crippen LogP contribution in [0.3, 0.4) is 0 Å². The summed E-state index contributed by atoms with van der Waals surface area (Å²) in [5.74, 6) is 1.20. The molecule has 1 spiro atoms. The second-order valence-corrected chi connectivity index (χ2v) is 6.04. The zero-order chi connectivity index (χ0) is 15.7. The number of aliphatic imine (C=N–C) groups is 2. The molecular formula is C15H20ClN5O. The molecule has 1 aromatic carbocycles. The number of ether oxygens (including phenoxy) is 1. The van der Waals surface area contributed by atoms with Gasteiger partial charge in [-0.25, -0.2) is 4.99 Å². The van der Waals surface area contributed by atoms with Crippen LogP contribution in [0.2, 0.25) is 5.02 Å². The molecule has 1 fully saturated rings. The van der Waals surface area contributed by atoms with Crippen molar-refractivity contribution in [2.75, 3.05) is 12.0 Å². The lowest BCUT2D eigenvalue weighted by molar-refractivity contribution is 0.305. The van der Waals surface area contributed by atoms with Gasteiger partial charge in [-0.2, -0.15) is 4.99 Å².